The number of nitriles is 1. The largest absolute Gasteiger partial charge is 0.369 e. The second-order valence-electron chi connectivity index (χ2n) is 5.17. The molecule has 1 aromatic carbocycles. The minimum Gasteiger partial charge on any atom is -0.369 e. The summed E-state index contributed by atoms with van der Waals surface area (Å²) in [5, 5.41) is 12.6. The van der Waals surface area contributed by atoms with E-state index in [9.17, 15) is 9.65 Å². The number of likely N-dealkylation sites (N-methyl/N-ethyl adjacent to an activating group) is 1. The third-order valence-corrected chi connectivity index (χ3v) is 3.16. The summed E-state index contributed by atoms with van der Waals surface area (Å²) in [6.45, 7) is 2.32. The summed E-state index contributed by atoms with van der Waals surface area (Å²) < 4.78 is 13.6. The molecule has 1 fully saturated rings. The number of anilines is 1. The Morgan fingerprint density at radius 1 is 1.50 bits per heavy atom. The van der Waals surface area contributed by atoms with E-state index in [1.54, 1.807) is 23.1 Å². The Labute approximate surface area is 107 Å². The number of hydrogen-bond donors (Lipinski definition) is 1. The van der Waals surface area contributed by atoms with Gasteiger partial charge in [-0.3, -0.25) is 5.32 Å². The maximum atomic E-state index is 13.6. The fourth-order valence-electron chi connectivity index (χ4n) is 2.11. The maximum absolute atomic E-state index is 13.6. The first-order valence-electron chi connectivity index (χ1n) is 6.19. The molecule has 0 heterocycles. The molecule has 3 nitrogen and oxygen atoms in total. The van der Waals surface area contributed by atoms with Crippen LogP contribution in [0.4, 0.5) is 10.1 Å². The number of nitrogens with zero attached hydrogens (tertiary/aromatic N) is 2. The van der Waals surface area contributed by atoms with Crippen LogP contribution in [0.15, 0.2) is 24.3 Å². The summed E-state index contributed by atoms with van der Waals surface area (Å²) >= 11 is 0. The van der Waals surface area contributed by atoms with Crippen LogP contribution in [-0.4, -0.2) is 25.2 Å². The molecule has 18 heavy (non-hydrogen) atoms. The third-order valence-electron chi connectivity index (χ3n) is 3.16. The Hall–Kier alpha value is -1.60. The van der Waals surface area contributed by atoms with Crippen molar-refractivity contribution in [2.45, 2.75) is 31.3 Å². The van der Waals surface area contributed by atoms with Crippen LogP contribution in [0.1, 0.15) is 19.8 Å². The number of rotatable bonds is 5. The van der Waals surface area contributed by atoms with E-state index < -0.39 is 5.54 Å². The minimum atomic E-state index is -0.641. The number of benzene rings is 1. The monoisotopic (exact) mass is 247 g/mol. The average Bonchev–Trinajstić information content (AvgIpc) is 3.13. The summed E-state index contributed by atoms with van der Waals surface area (Å²) in [5.41, 5.74) is -0.116. The summed E-state index contributed by atoms with van der Waals surface area (Å²) in [7, 11) is 1.81. The van der Waals surface area contributed by atoms with Crippen molar-refractivity contribution in [3.63, 3.8) is 0 Å². The second-order valence-corrected chi connectivity index (χ2v) is 5.17. The van der Waals surface area contributed by atoms with Crippen LogP contribution in [0, 0.1) is 17.1 Å². The van der Waals surface area contributed by atoms with Crippen molar-refractivity contribution in [2.24, 2.45) is 0 Å². The zero-order valence-electron chi connectivity index (χ0n) is 10.8. The van der Waals surface area contributed by atoms with Crippen molar-refractivity contribution in [2.75, 3.05) is 18.5 Å². The molecule has 1 saturated carbocycles. The van der Waals surface area contributed by atoms with Crippen molar-refractivity contribution in [1.29, 1.82) is 5.26 Å². The zero-order valence-corrected chi connectivity index (χ0v) is 10.8. The van der Waals surface area contributed by atoms with E-state index in [1.807, 2.05) is 14.0 Å². The first-order valence-corrected chi connectivity index (χ1v) is 6.19. The molecule has 1 aliphatic carbocycles. The van der Waals surface area contributed by atoms with Crippen LogP contribution in [-0.2, 0) is 0 Å². The predicted octanol–water partition coefficient (Wildman–Crippen LogP) is 2.30. The molecule has 0 saturated heterocycles. The van der Waals surface area contributed by atoms with Gasteiger partial charge in [0.1, 0.15) is 11.4 Å². The molecule has 0 radical (unpaired) electrons. The van der Waals surface area contributed by atoms with Gasteiger partial charge in [-0.15, -0.1) is 0 Å². The summed E-state index contributed by atoms with van der Waals surface area (Å²) in [6.07, 6.45) is 2.25. The molecule has 0 amide bonds. The first-order chi connectivity index (χ1) is 8.54. The lowest BCUT2D eigenvalue weighted by molar-refractivity contribution is 0.444. The van der Waals surface area contributed by atoms with Gasteiger partial charge in [-0.2, -0.15) is 5.26 Å². The van der Waals surface area contributed by atoms with Crippen molar-refractivity contribution >= 4 is 5.69 Å². The normalized spacial score (nSPS) is 17.9. The molecule has 1 N–H and O–H groups in total. The number of para-hydroxylation sites is 1. The highest BCUT2D eigenvalue weighted by atomic mass is 19.1. The van der Waals surface area contributed by atoms with Gasteiger partial charge < -0.3 is 4.90 Å². The first kappa shape index (κ1) is 12.8. The highest BCUT2D eigenvalue weighted by molar-refractivity contribution is 5.47. The van der Waals surface area contributed by atoms with Crippen molar-refractivity contribution in [3.8, 4) is 6.07 Å². The van der Waals surface area contributed by atoms with Gasteiger partial charge in [0, 0.05) is 19.6 Å². The molecule has 0 bridgehead atoms. The molecule has 2 rings (SSSR count). The fourth-order valence-corrected chi connectivity index (χ4v) is 2.11. The van der Waals surface area contributed by atoms with E-state index in [4.69, 9.17) is 0 Å². The highest BCUT2D eigenvalue weighted by Gasteiger charge is 2.33. The molecule has 1 unspecified atom stereocenters. The lowest BCUT2D eigenvalue weighted by atomic mass is 10.0. The molecule has 0 spiro atoms. The van der Waals surface area contributed by atoms with Gasteiger partial charge in [-0.05, 0) is 31.9 Å². The lowest BCUT2D eigenvalue weighted by Crippen LogP contribution is -2.50. The molecule has 4 heteroatoms. The van der Waals surface area contributed by atoms with Gasteiger partial charge >= 0.3 is 0 Å². The van der Waals surface area contributed by atoms with Crippen LogP contribution < -0.4 is 10.2 Å². The fraction of sp³-hybridized carbons (Fsp3) is 0.500. The van der Waals surface area contributed by atoms with Gasteiger partial charge in [0.15, 0.2) is 0 Å². The van der Waals surface area contributed by atoms with Crippen LogP contribution in [0.25, 0.3) is 0 Å². The molecular formula is C14H18FN3. The summed E-state index contributed by atoms with van der Waals surface area (Å²) in [4.78, 5) is 1.79. The van der Waals surface area contributed by atoms with E-state index in [0.717, 1.165) is 12.8 Å². The van der Waals surface area contributed by atoms with Gasteiger partial charge in [0.05, 0.1) is 11.8 Å². The van der Waals surface area contributed by atoms with E-state index in [0.29, 0.717) is 18.3 Å². The average molecular weight is 247 g/mol. The van der Waals surface area contributed by atoms with E-state index >= 15 is 0 Å². The molecular weight excluding hydrogens is 229 g/mol. The van der Waals surface area contributed by atoms with Gasteiger partial charge in [-0.1, -0.05) is 12.1 Å². The molecule has 1 aromatic rings. The Morgan fingerprint density at radius 3 is 2.72 bits per heavy atom. The van der Waals surface area contributed by atoms with Gasteiger partial charge in [-0.25, -0.2) is 4.39 Å². The highest BCUT2D eigenvalue weighted by Crippen LogP contribution is 2.24. The topological polar surface area (TPSA) is 39.1 Å². The SMILES string of the molecule is CN(CC(C)(C#N)NC1CC1)c1ccccc1F. The summed E-state index contributed by atoms with van der Waals surface area (Å²) in [6, 6.07) is 9.37. The lowest BCUT2D eigenvalue weighted by Gasteiger charge is -2.30. The van der Waals surface area contributed by atoms with Crippen LogP contribution in [0.5, 0.6) is 0 Å². The summed E-state index contributed by atoms with van der Waals surface area (Å²) in [5.74, 6) is -0.258. The Morgan fingerprint density at radius 2 is 2.17 bits per heavy atom. The second kappa shape index (κ2) is 4.95. The van der Waals surface area contributed by atoms with E-state index in [1.165, 1.54) is 6.07 Å². The Bertz CT molecular complexity index is 464. The molecule has 1 atom stereocenters. The van der Waals surface area contributed by atoms with Crippen molar-refractivity contribution in [3.05, 3.63) is 30.1 Å². The zero-order chi connectivity index (χ0) is 13.2. The standard InChI is InChI=1S/C14H18FN3/c1-14(9-16,17-11-7-8-11)10-18(2)13-6-4-3-5-12(13)15/h3-6,11,17H,7-8,10H2,1-2H3. The number of nitrogens with one attached hydrogen (secondary N) is 1. The van der Waals surface area contributed by atoms with Crippen LogP contribution >= 0.6 is 0 Å². The smallest absolute Gasteiger partial charge is 0.146 e. The van der Waals surface area contributed by atoms with E-state index in [2.05, 4.69) is 11.4 Å². The van der Waals surface area contributed by atoms with Crippen molar-refractivity contribution in [1.82, 2.24) is 5.32 Å². The molecule has 0 aliphatic heterocycles. The number of hydrogen-bond acceptors (Lipinski definition) is 3. The van der Waals surface area contributed by atoms with Gasteiger partial charge in [0.25, 0.3) is 0 Å². The van der Waals surface area contributed by atoms with Crippen molar-refractivity contribution < 1.29 is 4.39 Å². The maximum Gasteiger partial charge on any atom is 0.146 e. The quantitative estimate of drug-likeness (QED) is 0.867. The molecule has 96 valence electrons. The van der Waals surface area contributed by atoms with Crippen LogP contribution in [0.3, 0.4) is 0 Å². The Kier molecular flexibility index (Phi) is 3.53. The van der Waals surface area contributed by atoms with Gasteiger partial charge in [0.2, 0.25) is 0 Å². The van der Waals surface area contributed by atoms with Crippen LogP contribution in [0.2, 0.25) is 0 Å². The molecule has 1 aliphatic rings. The Balaban J connectivity index is 2.07. The van der Waals surface area contributed by atoms with E-state index in [-0.39, 0.29) is 5.82 Å². The third kappa shape index (κ3) is 2.99. The molecule has 0 aromatic heterocycles. The number of halogens is 1. The predicted molar refractivity (Wildman–Crippen MR) is 69.8 cm³/mol. The minimum absolute atomic E-state index is 0.258.